The van der Waals surface area contributed by atoms with Crippen LogP contribution >= 0.6 is 0 Å². The minimum Gasteiger partial charge on any atom is -0.454 e. The van der Waals surface area contributed by atoms with Crippen LogP contribution in [0.4, 0.5) is 10.2 Å². The number of benzene rings is 1. The van der Waals surface area contributed by atoms with Crippen molar-refractivity contribution in [2.75, 3.05) is 12.1 Å². The maximum atomic E-state index is 13.8. The number of anilines is 1. The second-order valence-corrected chi connectivity index (χ2v) is 5.89. The van der Waals surface area contributed by atoms with Crippen LogP contribution in [0.2, 0.25) is 0 Å². The molecule has 1 N–H and O–H groups in total. The van der Waals surface area contributed by atoms with Crippen LogP contribution in [0.25, 0.3) is 17.2 Å². The number of rotatable bonds is 5. The molecule has 1 aliphatic rings. The van der Waals surface area contributed by atoms with Crippen LogP contribution in [-0.2, 0) is 6.54 Å². The molecule has 0 bridgehead atoms. The smallest absolute Gasteiger partial charge is 0.246 e. The number of hydrogen-bond acceptors (Lipinski definition) is 8. The second kappa shape index (κ2) is 6.65. The van der Waals surface area contributed by atoms with Crippen molar-refractivity contribution in [3.63, 3.8) is 0 Å². The Morgan fingerprint density at radius 3 is 3.00 bits per heavy atom. The molecule has 0 unspecified atom stereocenters. The van der Waals surface area contributed by atoms with Crippen LogP contribution in [0.15, 0.2) is 53.3 Å². The largest absolute Gasteiger partial charge is 0.454 e. The van der Waals surface area contributed by atoms with Crippen molar-refractivity contribution >= 4 is 5.82 Å². The van der Waals surface area contributed by atoms with Gasteiger partial charge in [0.1, 0.15) is 5.82 Å². The fraction of sp³-hybridized carbons (Fsp3) is 0.111. The van der Waals surface area contributed by atoms with E-state index in [2.05, 4.69) is 25.5 Å². The summed E-state index contributed by atoms with van der Waals surface area (Å²) in [4.78, 5) is 8.34. The topological polar surface area (TPSA) is 100 Å². The van der Waals surface area contributed by atoms with E-state index in [1.807, 2.05) is 6.07 Å². The molecule has 1 aliphatic heterocycles. The molecule has 10 heteroatoms. The molecule has 0 atom stereocenters. The number of ether oxygens (including phenoxy) is 2. The first kappa shape index (κ1) is 16.2. The van der Waals surface area contributed by atoms with E-state index in [0.717, 1.165) is 5.56 Å². The maximum Gasteiger partial charge on any atom is 0.246 e. The molecule has 28 heavy (non-hydrogen) atoms. The van der Waals surface area contributed by atoms with Crippen molar-refractivity contribution in [2.45, 2.75) is 6.54 Å². The Morgan fingerprint density at radius 1 is 1.14 bits per heavy atom. The average Bonchev–Trinajstić information content (AvgIpc) is 3.46. The van der Waals surface area contributed by atoms with E-state index in [1.54, 1.807) is 24.4 Å². The fourth-order valence-electron chi connectivity index (χ4n) is 2.73. The van der Waals surface area contributed by atoms with E-state index in [4.69, 9.17) is 14.0 Å². The van der Waals surface area contributed by atoms with Gasteiger partial charge in [-0.25, -0.2) is 14.1 Å². The molecule has 9 nitrogen and oxygen atoms in total. The lowest BCUT2D eigenvalue weighted by Gasteiger charge is -2.01. The molecule has 5 rings (SSSR count). The molecule has 0 fully saturated rings. The van der Waals surface area contributed by atoms with Gasteiger partial charge in [-0.15, -0.1) is 5.10 Å². The second-order valence-electron chi connectivity index (χ2n) is 5.89. The van der Waals surface area contributed by atoms with Crippen molar-refractivity contribution < 1.29 is 18.4 Å². The van der Waals surface area contributed by atoms with Gasteiger partial charge in [-0.1, -0.05) is 5.16 Å². The lowest BCUT2D eigenvalue weighted by atomic mass is 10.2. The van der Waals surface area contributed by atoms with Gasteiger partial charge in [-0.3, -0.25) is 0 Å². The highest BCUT2D eigenvalue weighted by Crippen LogP contribution is 2.35. The van der Waals surface area contributed by atoms with Crippen LogP contribution in [0.1, 0.15) is 5.89 Å². The van der Waals surface area contributed by atoms with Crippen LogP contribution in [0, 0.1) is 5.82 Å². The molecule has 0 spiro atoms. The summed E-state index contributed by atoms with van der Waals surface area (Å²) in [6.45, 7) is 0.467. The van der Waals surface area contributed by atoms with Gasteiger partial charge in [0.25, 0.3) is 0 Å². The van der Waals surface area contributed by atoms with E-state index in [0.29, 0.717) is 29.0 Å². The summed E-state index contributed by atoms with van der Waals surface area (Å²) in [5.41, 5.74) is 0.758. The third kappa shape index (κ3) is 3.00. The Bertz CT molecular complexity index is 1140. The zero-order valence-electron chi connectivity index (χ0n) is 14.4. The molecular formula is C18H13FN6O3. The summed E-state index contributed by atoms with van der Waals surface area (Å²) >= 11 is 0. The first-order valence-corrected chi connectivity index (χ1v) is 8.39. The van der Waals surface area contributed by atoms with Gasteiger partial charge in [0.05, 0.1) is 6.54 Å². The average molecular weight is 380 g/mol. The number of hydrogen-bond donors (Lipinski definition) is 1. The van der Waals surface area contributed by atoms with Crippen molar-refractivity contribution in [1.29, 1.82) is 0 Å². The van der Waals surface area contributed by atoms with Gasteiger partial charge in [-0.05, 0) is 30.3 Å². The number of nitrogens with one attached hydrogen (secondary N) is 1. The highest BCUT2D eigenvalue weighted by molar-refractivity contribution is 5.61. The Morgan fingerprint density at radius 2 is 2.07 bits per heavy atom. The summed E-state index contributed by atoms with van der Waals surface area (Å²) in [5, 5.41) is 11.3. The first-order valence-electron chi connectivity index (χ1n) is 8.39. The number of halogens is 1. The minimum absolute atomic E-state index is 0.124. The lowest BCUT2D eigenvalue weighted by Crippen LogP contribution is -2.04. The molecule has 1 aromatic carbocycles. The Balaban J connectivity index is 1.28. The van der Waals surface area contributed by atoms with Crippen molar-refractivity contribution in [2.24, 2.45) is 0 Å². The van der Waals surface area contributed by atoms with Gasteiger partial charge in [0.15, 0.2) is 23.1 Å². The maximum absolute atomic E-state index is 13.8. The standard InChI is InChI=1S/C18H13FN6O3/c19-12-2-1-6-20-18(12)25-7-5-15(23-25)21-9-16-22-17(24-28-16)11-3-4-13-14(8-11)27-10-26-13/h1-8H,9-10H2,(H,21,23). The molecule has 140 valence electrons. The van der Waals surface area contributed by atoms with E-state index in [9.17, 15) is 4.39 Å². The quantitative estimate of drug-likeness (QED) is 0.564. The summed E-state index contributed by atoms with van der Waals surface area (Å²) in [6, 6.07) is 9.98. The van der Waals surface area contributed by atoms with Gasteiger partial charge in [0, 0.05) is 24.0 Å². The molecule has 0 saturated carbocycles. The predicted octanol–water partition coefficient (Wildman–Crippen LogP) is 2.80. The van der Waals surface area contributed by atoms with E-state index >= 15 is 0 Å². The SMILES string of the molecule is Fc1cccnc1-n1ccc(NCc2nc(-c3ccc4c(c3)OCO4)no2)n1. The predicted molar refractivity (Wildman–Crippen MR) is 94.5 cm³/mol. The molecule has 4 heterocycles. The number of aromatic nitrogens is 5. The summed E-state index contributed by atoms with van der Waals surface area (Å²) in [5.74, 6) is 2.35. The van der Waals surface area contributed by atoms with Crippen molar-refractivity contribution in [3.8, 4) is 28.7 Å². The van der Waals surface area contributed by atoms with E-state index < -0.39 is 5.82 Å². The monoisotopic (exact) mass is 380 g/mol. The number of fused-ring (bicyclic) bond motifs is 1. The molecule has 0 radical (unpaired) electrons. The summed E-state index contributed by atoms with van der Waals surface area (Å²) in [7, 11) is 0. The third-order valence-electron chi connectivity index (χ3n) is 4.06. The highest BCUT2D eigenvalue weighted by atomic mass is 19.1. The minimum atomic E-state index is -0.456. The zero-order chi connectivity index (χ0) is 18.9. The zero-order valence-corrected chi connectivity index (χ0v) is 14.4. The van der Waals surface area contributed by atoms with Gasteiger partial charge in [0.2, 0.25) is 18.5 Å². The number of pyridine rings is 1. The van der Waals surface area contributed by atoms with Gasteiger partial charge in [-0.2, -0.15) is 4.98 Å². The molecular weight excluding hydrogens is 367 g/mol. The van der Waals surface area contributed by atoms with Crippen molar-refractivity contribution in [1.82, 2.24) is 24.9 Å². The van der Waals surface area contributed by atoms with Crippen molar-refractivity contribution in [3.05, 3.63) is 60.5 Å². The molecule has 0 amide bonds. The molecule has 0 aliphatic carbocycles. The molecule has 0 saturated heterocycles. The normalized spacial score (nSPS) is 12.3. The summed E-state index contributed by atoms with van der Waals surface area (Å²) in [6.07, 6.45) is 3.11. The third-order valence-corrected chi connectivity index (χ3v) is 4.06. The first-order chi connectivity index (χ1) is 13.8. The Kier molecular flexibility index (Phi) is 3.86. The Labute approximate surface area is 157 Å². The lowest BCUT2D eigenvalue weighted by molar-refractivity contribution is 0.174. The van der Waals surface area contributed by atoms with Crippen LogP contribution in [0.5, 0.6) is 11.5 Å². The number of nitrogens with zero attached hydrogens (tertiary/aromatic N) is 5. The summed E-state index contributed by atoms with van der Waals surface area (Å²) < 4.78 is 31.1. The van der Waals surface area contributed by atoms with Gasteiger partial charge >= 0.3 is 0 Å². The Hall–Kier alpha value is -3.95. The van der Waals surface area contributed by atoms with Crippen LogP contribution in [0.3, 0.4) is 0 Å². The van der Waals surface area contributed by atoms with E-state index in [-0.39, 0.29) is 19.2 Å². The van der Waals surface area contributed by atoms with Gasteiger partial charge < -0.3 is 19.3 Å². The van der Waals surface area contributed by atoms with Crippen LogP contribution in [-0.4, -0.2) is 31.7 Å². The molecule has 4 aromatic rings. The van der Waals surface area contributed by atoms with Crippen LogP contribution < -0.4 is 14.8 Å². The highest BCUT2D eigenvalue weighted by Gasteiger charge is 2.16. The molecule has 3 aromatic heterocycles. The van der Waals surface area contributed by atoms with E-state index in [1.165, 1.54) is 23.0 Å². The fourth-order valence-corrected chi connectivity index (χ4v) is 2.73.